The van der Waals surface area contributed by atoms with Crippen molar-refractivity contribution in [3.8, 4) is 11.3 Å². The first-order valence-electron chi connectivity index (χ1n) is 5.09. The third-order valence-corrected chi connectivity index (χ3v) is 2.69. The first kappa shape index (κ1) is 11.6. The first-order chi connectivity index (χ1) is 8.11. The van der Waals surface area contributed by atoms with E-state index in [0.717, 1.165) is 17.0 Å². The number of aromatic nitrogens is 2. The SMILES string of the molecule is COC(=O)c1cccc(-c2[nH]c(=S)[nH]c2C)c1. The molecule has 0 aliphatic heterocycles. The van der Waals surface area contributed by atoms with Gasteiger partial charge in [0.05, 0.1) is 18.4 Å². The molecule has 0 atom stereocenters. The number of aromatic amines is 2. The van der Waals surface area contributed by atoms with E-state index in [4.69, 9.17) is 12.2 Å². The predicted octanol–water partition coefficient (Wildman–Crippen LogP) is 2.83. The number of esters is 1. The van der Waals surface area contributed by atoms with Gasteiger partial charge in [-0.15, -0.1) is 0 Å². The van der Waals surface area contributed by atoms with Crippen LogP contribution in [0.15, 0.2) is 24.3 Å². The summed E-state index contributed by atoms with van der Waals surface area (Å²) in [6.45, 7) is 1.92. The first-order valence-corrected chi connectivity index (χ1v) is 5.50. The Morgan fingerprint density at radius 1 is 1.35 bits per heavy atom. The monoisotopic (exact) mass is 248 g/mol. The smallest absolute Gasteiger partial charge is 0.337 e. The van der Waals surface area contributed by atoms with Crippen molar-refractivity contribution in [3.63, 3.8) is 0 Å². The van der Waals surface area contributed by atoms with Crippen molar-refractivity contribution in [2.24, 2.45) is 0 Å². The number of benzene rings is 1. The van der Waals surface area contributed by atoms with Gasteiger partial charge < -0.3 is 14.7 Å². The summed E-state index contributed by atoms with van der Waals surface area (Å²) < 4.78 is 5.26. The highest BCUT2D eigenvalue weighted by molar-refractivity contribution is 7.71. The molecule has 2 aromatic rings. The van der Waals surface area contributed by atoms with E-state index in [1.54, 1.807) is 12.1 Å². The van der Waals surface area contributed by atoms with Crippen LogP contribution in [0.25, 0.3) is 11.3 Å². The molecule has 0 radical (unpaired) electrons. The average molecular weight is 248 g/mol. The molecule has 0 amide bonds. The molecule has 0 aliphatic carbocycles. The maximum absolute atomic E-state index is 11.4. The second-order valence-corrected chi connectivity index (χ2v) is 4.06. The van der Waals surface area contributed by atoms with Crippen LogP contribution in [0.5, 0.6) is 0 Å². The van der Waals surface area contributed by atoms with E-state index in [-0.39, 0.29) is 5.97 Å². The Labute approximate surface area is 104 Å². The molecule has 0 saturated carbocycles. The lowest BCUT2D eigenvalue weighted by Gasteiger charge is -2.03. The fourth-order valence-corrected chi connectivity index (χ4v) is 1.93. The number of carbonyl (C=O) groups excluding carboxylic acids is 1. The molecule has 0 bridgehead atoms. The molecule has 0 saturated heterocycles. The second-order valence-electron chi connectivity index (χ2n) is 3.65. The Morgan fingerprint density at radius 2 is 2.12 bits per heavy atom. The Balaban J connectivity index is 2.50. The van der Waals surface area contributed by atoms with E-state index < -0.39 is 0 Å². The summed E-state index contributed by atoms with van der Waals surface area (Å²) in [5, 5.41) is 0. The minimum atomic E-state index is -0.348. The van der Waals surface area contributed by atoms with E-state index in [0.29, 0.717) is 10.3 Å². The Kier molecular flexibility index (Phi) is 3.10. The Morgan fingerprint density at radius 3 is 2.71 bits per heavy atom. The molecule has 2 rings (SSSR count). The summed E-state index contributed by atoms with van der Waals surface area (Å²) in [6, 6.07) is 7.21. The van der Waals surface area contributed by atoms with Crippen molar-refractivity contribution in [1.29, 1.82) is 0 Å². The molecule has 4 nitrogen and oxygen atoms in total. The van der Waals surface area contributed by atoms with Gasteiger partial charge in [0, 0.05) is 11.3 Å². The summed E-state index contributed by atoms with van der Waals surface area (Å²) in [6.07, 6.45) is 0. The van der Waals surface area contributed by atoms with Gasteiger partial charge in [0.1, 0.15) is 0 Å². The minimum Gasteiger partial charge on any atom is -0.465 e. The van der Waals surface area contributed by atoms with Crippen LogP contribution in [0, 0.1) is 11.7 Å². The lowest BCUT2D eigenvalue weighted by Crippen LogP contribution is -2.00. The number of rotatable bonds is 2. The maximum atomic E-state index is 11.4. The summed E-state index contributed by atoms with van der Waals surface area (Å²) in [5.74, 6) is -0.348. The van der Waals surface area contributed by atoms with Crippen LogP contribution in [-0.2, 0) is 4.74 Å². The summed E-state index contributed by atoms with van der Waals surface area (Å²) >= 11 is 5.02. The molecular formula is C12H12N2O2S. The summed E-state index contributed by atoms with van der Waals surface area (Å²) in [4.78, 5) is 17.5. The zero-order chi connectivity index (χ0) is 12.4. The van der Waals surface area contributed by atoms with Gasteiger partial charge in [0.2, 0.25) is 0 Å². The number of methoxy groups -OCH3 is 1. The minimum absolute atomic E-state index is 0.348. The van der Waals surface area contributed by atoms with E-state index >= 15 is 0 Å². The summed E-state index contributed by atoms with van der Waals surface area (Å²) in [7, 11) is 1.37. The molecule has 1 heterocycles. The van der Waals surface area contributed by atoms with Crippen molar-refractivity contribution in [2.45, 2.75) is 6.92 Å². The summed E-state index contributed by atoms with van der Waals surface area (Å²) in [5.41, 5.74) is 3.25. The van der Waals surface area contributed by atoms with Gasteiger partial charge in [-0.05, 0) is 31.3 Å². The number of hydrogen-bond acceptors (Lipinski definition) is 3. The number of ether oxygens (including phenoxy) is 1. The fourth-order valence-electron chi connectivity index (χ4n) is 1.68. The van der Waals surface area contributed by atoms with Gasteiger partial charge in [-0.1, -0.05) is 12.1 Å². The normalized spacial score (nSPS) is 10.2. The van der Waals surface area contributed by atoms with Crippen LogP contribution in [0.3, 0.4) is 0 Å². The van der Waals surface area contributed by atoms with Crippen LogP contribution >= 0.6 is 12.2 Å². The molecule has 88 valence electrons. The highest BCUT2D eigenvalue weighted by Crippen LogP contribution is 2.21. The van der Waals surface area contributed by atoms with Crippen LogP contribution < -0.4 is 0 Å². The van der Waals surface area contributed by atoms with Crippen LogP contribution in [0.4, 0.5) is 0 Å². The molecule has 0 fully saturated rings. The number of imidazole rings is 1. The van der Waals surface area contributed by atoms with Crippen molar-refractivity contribution < 1.29 is 9.53 Å². The lowest BCUT2D eigenvalue weighted by atomic mass is 10.1. The zero-order valence-corrected chi connectivity index (χ0v) is 10.4. The largest absolute Gasteiger partial charge is 0.465 e. The van der Waals surface area contributed by atoms with Crippen LogP contribution in [-0.4, -0.2) is 23.0 Å². The van der Waals surface area contributed by atoms with Crippen LogP contribution in [0.2, 0.25) is 0 Å². The molecule has 2 N–H and O–H groups in total. The van der Waals surface area contributed by atoms with Crippen molar-refractivity contribution in [1.82, 2.24) is 9.97 Å². The van der Waals surface area contributed by atoms with Crippen molar-refractivity contribution >= 4 is 18.2 Å². The number of hydrogen-bond donors (Lipinski definition) is 2. The van der Waals surface area contributed by atoms with Gasteiger partial charge in [-0.2, -0.15) is 0 Å². The Bertz CT molecular complexity index is 613. The fraction of sp³-hybridized carbons (Fsp3) is 0.167. The van der Waals surface area contributed by atoms with E-state index in [1.807, 2.05) is 19.1 Å². The zero-order valence-electron chi connectivity index (χ0n) is 9.53. The van der Waals surface area contributed by atoms with E-state index in [2.05, 4.69) is 14.7 Å². The highest BCUT2D eigenvalue weighted by atomic mass is 32.1. The lowest BCUT2D eigenvalue weighted by molar-refractivity contribution is 0.0601. The number of nitrogens with one attached hydrogen (secondary N) is 2. The molecular weight excluding hydrogens is 236 g/mol. The third-order valence-electron chi connectivity index (χ3n) is 2.49. The molecule has 0 spiro atoms. The molecule has 0 aliphatic rings. The topological polar surface area (TPSA) is 57.9 Å². The van der Waals surface area contributed by atoms with Gasteiger partial charge in [-0.25, -0.2) is 4.79 Å². The molecule has 1 aromatic heterocycles. The predicted molar refractivity (Wildman–Crippen MR) is 67.5 cm³/mol. The average Bonchev–Trinajstić information content (AvgIpc) is 2.67. The Hall–Kier alpha value is -1.88. The molecule has 0 unspecified atom stereocenters. The number of carbonyl (C=O) groups is 1. The van der Waals surface area contributed by atoms with Crippen molar-refractivity contribution in [3.05, 3.63) is 40.3 Å². The number of aryl methyl sites for hydroxylation is 1. The van der Waals surface area contributed by atoms with Gasteiger partial charge in [0.15, 0.2) is 4.77 Å². The highest BCUT2D eigenvalue weighted by Gasteiger charge is 2.09. The molecule has 1 aromatic carbocycles. The van der Waals surface area contributed by atoms with Gasteiger partial charge in [0.25, 0.3) is 0 Å². The van der Waals surface area contributed by atoms with E-state index in [1.165, 1.54) is 7.11 Å². The molecule has 17 heavy (non-hydrogen) atoms. The number of H-pyrrole nitrogens is 2. The van der Waals surface area contributed by atoms with E-state index in [9.17, 15) is 4.79 Å². The maximum Gasteiger partial charge on any atom is 0.337 e. The second kappa shape index (κ2) is 4.55. The quantitative estimate of drug-likeness (QED) is 0.634. The molecule has 5 heteroatoms. The van der Waals surface area contributed by atoms with Gasteiger partial charge >= 0.3 is 5.97 Å². The third kappa shape index (κ3) is 2.29. The standard InChI is InChI=1S/C12H12N2O2S/c1-7-10(14-12(17)13-7)8-4-3-5-9(6-8)11(15)16-2/h3-6H,1-2H3,(H2,13,14,17). The van der Waals surface area contributed by atoms with Crippen molar-refractivity contribution in [2.75, 3.05) is 7.11 Å². The van der Waals surface area contributed by atoms with Crippen LogP contribution in [0.1, 0.15) is 16.1 Å². The van der Waals surface area contributed by atoms with Gasteiger partial charge in [-0.3, -0.25) is 0 Å².